The van der Waals surface area contributed by atoms with Crippen molar-refractivity contribution in [2.24, 2.45) is 11.8 Å². The predicted octanol–water partition coefficient (Wildman–Crippen LogP) is 1.19. The second kappa shape index (κ2) is 4.76. The van der Waals surface area contributed by atoms with E-state index >= 15 is 0 Å². The number of nitrogens with one attached hydrogen (secondary N) is 1. The van der Waals surface area contributed by atoms with Crippen molar-refractivity contribution in [3.05, 3.63) is 12.4 Å². The summed E-state index contributed by atoms with van der Waals surface area (Å²) < 4.78 is 5.55. The number of rotatable bonds is 4. The molecule has 0 saturated carbocycles. The normalized spacial score (nSPS) is 12.6. The lowest BCUT2D eigenvalue weighted by Gasteiger charge is -2.16. The summed E-state index contributed by atoms with van der Waals surface area (Å²) in [6, 6.07) is 0. The first kappa shape index (κ1) is 10.7. The summed E-state index contributed by atoms with van der Waals surface area (Å²) in [7, 11) is 0. The van der Waals surface area contributed by atoms with E-state index in [4.69, 9.17) is 10.6 Å². The van der Waals surface area contributed by atoms with Gasteiger partial charge in [-0.05, 0) is 12.8 Å². The predicted molar refractivity (Wildman–Crippen MR) is 54.8 cm³/mol. The molecule has 1 aromatic heterocycles. The Morgan fingerprint density at radius 3 is 2.64 bits per heavy atom. The lowest BCUT2D eigenvalue weighted by Crippen LogP contribution is -2.19. The van der Waals surface area contributed by atoms with Crippen LogP contribution in [0, 0.1) is 5.92 Å². The molecule has 1 unspecified atom stereocenters. The number of nitrogen functional groups attached to an aromatic ring is 1. The molecule has 0 spiro atoms. The largest absolute Gasteiger partial charge is 0.473 e. The Kier molecular flexibility index (Phi) is 3.64. The van der Waals surface area contributed by atoms with Gasteiger partial charge in [0.25, 0.3) is 0 Å². The molecule has 0 fully saturated rings. The number of anilines is 1. The van der Waals surface area contributed by atoms with Crippen LogP contribution in [-0.2, 0) is 0 Å². The summed E-state index contributed by atoms with van der Waals surface area (Å²) in [5, 5.41) is 0. The van der Waals surface area contributed by atoms with Gasteiger partial charge in [-0.15, -0.1) is 0 Å². The molecule has 0 saturated heterocycles. The van der Waals surface area contributed by atoms with Crippen molar-refractivity contribution in [3.63, 3.8) is 0 Å². The Morgan fingerprint density at radius 1 is 1.36 bits per heavy atom. The quantitative estimate of drug-likeness (QED) is 0.559. The summed E-state index contributed by atoms with van der Waals surface area (Å²) in [4.78, 5) is 8.03. The van der Waals surface area contributed by atoms with Crippen LogP contribution in [0.5, 0.6) is 5.88 Å². The van der Waals surface area contributed by atoms with Crippen LogP contribution in [0.25, 0.3) is 0 Å². The highest BCUT2D eigenvalue weighted by atomic mass is 16.5. The van der Waals surface area contributed by atoms with Crippen molar-refractivity contribution in [2.45, 2.75) is 26.9 Å². The molecular formula is C9H16N4O. The molecule has 0 bridgehead atoms. The van der Waals surface area contributed by atoms with Gasteiger partial charge < -0.3 is 10.2 Å². The summed E-state index contributed by atoms with van der Waals surface area (Å²) in [6.07, 6.45) is 3.21. The standard InChI is InChI=1S/C9H16N4O/c1-6(2)7(3)14-9-5-11-4-8(12-9)13-10/h4-7H,10H2,1-3H3,(H,12,13). The van der Waals surface area contributed by atoms with Gasteiger partial charge in [-0.2, -0.15) is 4.98 Å². The first-order valence-electron chi connectivity index (χ1n) is 4.58. The smallest absolute Gasteiger partial charge is 0.234 e. The second-order valence-corrected chi connectivity index (χ2v) is 3.45. The zero-order chi connectivity index (χ0) is 10.6. The number of hydrogen-bond donors (Lipinski definition) is 2. The molecule has 0 aliphatic carbocycles. The van der Waals surface area contributed by atoms with E-state index in [1.165, 1.54) is 6.20 Å². The van der Waals surface area contributed by atoms with Crippen LogP contribution < -0.4 is 16.0 Å². The van der Waals surface area contributed by atoms with Gasteiger partial charge in [0.15, 0.2) is 5.82 Å². The molecular weight excluding hydrogens is 180 g/mol. The molecule has 0 aromatic carbocycles. The van der Waals surface area contributed by atoms with E-state index in [1.807, 2.05) is 6.92 Å². The van der Waals surface area contributed by atoms with Gasteiger partial charge in [-0.25, -0.2) is 5.84 Å². The van der Waals surface area contributed by atoms with Gasteiger partial charge >= 0.3 is 0 Å². The number of hydrazine groups is 1. The average Bonchev–Trinajstić information content (AvgIpc) is 2.18. The monoisotopic (exact) mass is 196 g/mol. The highest BCUT2D eigenvalue weighted by molar-refractivity contribution is 5.31. The Hall–Kier alpha value is -1.36. The fourth-order valence-corrected chi connectivity index (χ4v) is 0.801. The molecule has 0 aliphatic heterocycles. The maximum atomic E-state index is 5.55. The van der Waals surface area contributed by atoms with Crippen molar-refractivity contribution >= 4 is 5.82 Å². The lowest BCUT2D eigenvalue weighted by atomic mass is 10.1. The van der Waals surface area contributed by atoms with Crippen LogP contribution in [-0.4, -0.2) is 16.1 Å². The van der Waals surface area contributed by atoms with Gasteiger partial charge in [0.2, 0.25) is 5.88 Å². The van der Waals surface area contributed by atoms with Gasteiger partial charge in [-0.3, -0.25) is 4.98 Å². The highest BCUT2D eigenvalue weighted by Crippen LogP contribution is 2.13. The highest BCUT2D eigenvalue weighted by Gasteiger charge is 2.09. The molecule has 1 atom stereocenters. The van der Waals surface area contributed by atoms with Gasteiger partial charge in [0.1, 0.15) is 0 Å². The average molecular weight is 196 g/mol. The molecule has 5 heteroatoms. The van der Waals surface area contributed by atoms with E-state index < -0.39 is 0 Å². The molecule has 1 heterocycles. The van der Waals surface area contributed by atoms with Crippen molar-refractivity contribution in [3.8, 4) is 5.88 Å². The van der Waals surface area contributed by atoms with Gasteiger partial charge in [0, 0.05) is 0 Å². The number of ether oxygens (including phenoxy) is 1. The summed E-state index contributed by atoms with van der Waals surface area (Å²) in [5.41, 5.74) is 2.42. The van der Waals surface area contributed by atoms with Crippen LogP contribution in [0.15, 0.2) is 12.4 Å². The summed E-state index contributed by atoms with van der Waals surface area (Å²) in [5.74, 6) is 6.62. The van der Waals surface area contributed by atoms with Crippen molar-refractivity contribution in [2.75, 3.05) is 5.43 Å². The molecule has 0 radical (unpaired) electrons. The van der Waals surface area contributed by atoms with Crippen molar-refractivity contribution < 1.29 is 4.74 Å². The van der Waals surface area contributed by atoms with E-state index in [0.717, 1.165) is 0 Å². The molecule has 1 aromatic rings. The van der Waals surface area contributed by atoms with E-state index in [2.05, 4.69) is 29.2 Å². The van der Waals surface area contributed by atoms with Gasteiger partial charge in [-0.1, -0.05) is 13.8 Å². The van der Waals surface area contributed by atoms with E-state index in [9.17, 15) is 0 Å². The molecule has 14 heavy (non-hydrogen) atoms. The molecule has 0 amide bonds. The minimum Gasteiger partial charge on any atom is -0.473 e. The van der Waals surface area contributed by atoms with Crippen LogP contribution in [0.2, 0.25) is 0 Å². The zero-order valence-corrected chi connectivity index (χ0v) is 8.69. The minimum atomic E-state index is 0.109. The SMILES string of the molecule is CC(C)C(C)Oc1cncc(NN)n1. The maximum absolute atomic E-state index is 5.55. The van der Waals surface area contributed by atoms with Crippen LogP contribution in [0.3, 0.4) is 0 Å². The topological polar surface area (TPSA) is 73.1 Å². The fraction of sp³-hybridized carbons (Fsp3) is 0.556. The first-order valence-corrected chi connectivity index (χ1v) is 4.58. The van der Waals surface area contributed by atoms with E-state index in [-0.39, 0.29) is 6.10 Å². The molecule has 3 N–H and O–H groups in total. The van der Waals surface area contributed by atoms with Crippen LogP contribution in [0.1, 0.15) is 20.8 Å². The fourth-order valence-electron chi connectivity index (χ4n) is 0.801. The Labute approximate surface area is 83.7 Å². The minimum absolute atomic E-state index is 0.109. The number of nitrogens with two attached hydrogens (primary N) is 1. The Morgan fingerprint density at radius 2 is 2.07 bits per heavy atom. The number of nitrogens with zero attached hydrogens (tertiary/aromatic N) is 2. The summed E-state index contributed by atoms with van der Waals surface area (Å²) >= 11 is 0. The van der Waals surface area contributed by atoms with Crippen LogP contribution >= 0.6 is 0 Å². The number of aromatic nitrogens is 2. The van der Waals surface area contributed by atoms with Crippen LogP contribution in [0.4, 0.5) is 5.82 Å². The third-order valence-electron chi connectivity index (χ3n) is 2.01. The number of hydrogen-bond acceptors (Lipinski definition) is 5. The van der Waals surface area contributed by atoms with E-state index in [0.29, 0.717) is 17.6 Å². The Bertz CT molecular complexity index is 290. The first-order chi connectivity index (χ1) is 6.63. The third kappa shape index (κ3) is 2.85. The molecule has 5 nitrogen and oxygen atoms in total. The van der Waals surface area contributed by atoms with Gasteiger partial charge in [0.05, 0.1) is 18.5 Å². The Balaban J connectivity index is 2.66. The zero-order valence-electron chi connectivity index (χ0n) is 8.69. The second-order valence-electron chi connectivity index (χ2n) is 3.45. The van der Waals surface area contributed by atoms with E-state index in [1.54, 1.807) is 6.20 Å². The van der Waals surface area contributed by atoms with Crippen molar-refractivity contribution in [1.29, 1.82) is 0 Å². The third-order valence-corrected chi connectivity index (χ3v) is 2.01. The maximum Gasteiger partial charge on any atom is 0.234 e. The lowest BCUT2D eigenvalue weighted by molar-refractivity contribution is 0.163. The molecule has 78 valence electrons. The summed E-state index contributed by atoms with van der Waals surface area (Å²) in [6.45, 7) is 6.17. The molecule has 1 rings (SSSR count). The van der Waals surface area contributed by atoms with Crippen molar-refractivity contribution in [1.82, 2.24) is 9.97 Å². The molecule has 0 aliphatic rings.